The molecule has 0 saturated carbocycles. The maximum absolute atomic E-state index is 5.44. The summed E-state index contributed by atoms with van der Waals surface area (Å²) in [6.45, 7) is 0. The van der Waals surface area contributed by atoms with Crippen LogP contribution in [0.2, 0.25) is 0 Å². The van der Waals surface area contributed by atoms with Crippen molar-refractivity contribution in [2.75, 3.05) is 14.2 Å². The standard InChI is InChI=1S/C18H18N2O2/c1-21-16-9-8-14(18(12-16)22-2)10-15-11-17(20-19-15)13-6-4-3-5-7-13/h3-9,11-12H,10H2,1-2H3,(H,19,20). The summed E-state index contributed by atoms with van der Waals surface area (Å²) >= 11 is 0. The number of nitrogens with one attached hydrogen (secondary N) is 1. The zero-order valence-corrected chi connectivity index (χ0v) is 12.7. The average Bonchev–Trinajstić information content (AvgIpc) is 3.04. The zero-order valence-electron chi connectivity index (χ0n) is 12.7. The first-order valence-corrected chi connectivity index (χ1v) is 7.11. The van der Waals surface area contributed by atoms with Gasteiger partial charge in [0.05, 0.1) is 19.9 Å². The topological polar surface area (TPSA) is 47.1 Å². The summed E-state index contributed by atoms with van der Waals surface area (Å²) < 4.78 is 10.7. The predicted molar refractivity (Wildman–Crippen MR) is 86.4 cm³/mol. The minimum atomic E-state index is 0.729. The fourth-order valence-electron chi connectivity index (χ4n) is 2.41. The Hall–Kier alpha value is -2.75. The minimum absolute atomic E-state index is 0.729. The fraction of sp³-hybridized carbons (Fsp3) is 0.167. The van der Waals surface area contributed by atoms with E-state index in [0.717, 1.165) is 40.4 Å². The van der Waals surface area contributed by atoms with Gasteiger partial charge >= 0.3 is 0 Å². The molecule has 22 heavy (non-hydrogen) atoms. The van der Waals surface area contributed by atoms with Crippen LogP contribution >= 0.6 is 0 Å². The summed E-state index contributed by atoms with van der Waals surface area (Å²) in [5.74, 6) is 1.60. The summed E-state index contributed by atoms with van der Waals surface area (Å²) in [4.78, 5) is 0. The van der Waals surface area contributed by atoms with Gasteiger partial charge in [0.15, 0.2) is 0 Å². The van der Waals surface area contributed by atoms with Gasteiger partial charge in [-0.15, -0.1) is 0 Å². The van der Waals surface area contributed by atoms with Gasteiger partial charge in [-0.2, -0.15) is 5.10 Å². The Bertz CT molecular complexity index is 751. The molecule has 0 unspecified atom stereocenters. The van der Waals surface area contributed by atoms with E-state index in [-0.39, 0.29) is 0 Å². The van der Waals surface area contributed by atoms with Crippen LogP contribution in [0.25, 0.3) is 11.3 Å². The number of nitrogens with zero attached hydrogens (tertiary/aromatic N) is 1. The highest BCUT2D eigenvalue weighted by atomic mass is 16.5. The Labute approximate surface area is 129 Å². The molecule has 0 atom stereocenters. The van der Waals surface area contributed by atoms with Crippen LogP contribution in [0, 0.1) is 0 Å². The number of aromatic amines is 1. The molecule has 0 radical (unpaired) electrons. The minimum Gasteiger partial charge on any atom is -0.497 e. The summed E-state index contributed by atoms with van der Waals surface area (Å²) in [5.41, 5.74) is 4.18. The molecule has 1 heterocycles. The lowest BCUT2D eigenvalue weighted by atomic mass is 10.1. The lowest BCUT2D eigenvalue weighted by Crippen LogP contribution is -1.95. The number of ether oxygens (including phenoxy) is 2. The molecule has 1 N–H and O–H groups in total. The molecule has 1 aromatic heterocycles. The zero-order chi connectivity index (χ0) is 15.4. The van der Waals surface area contributed by atoms with Crippen molar-refractivity contribution < 1.29 is 9.47 Å². The van der Waals surface area contributed by atoms with Crippen LogP contribution in [-0.2, 0) is 6.42 Å². The second-order valence-electron chi connectivity index (χ2n) is 5.00. The van der Waals surface area contributed by atoms with Crippen LogP contribution < -0.4 is 9.47 Å². The normalized spacial score (nSPS) is 10.5. The van der Waals surface area contributed by atoms with Gasteiger partial charge in [0, 0.05) is 29.3 Å². The number of hydrogen-bond donors (Lipinski definition) is 1. The van der Waals surface area contributed by atoms with Gasteiger partial charge in [0.2, 0.25) is 0 Å². The molecule has 2 aromatic carbocycles. The first-order valence-electron chi connectivity index (χ1n) is 7.11. The van der Waals surface area contributed by atoms with Gasteiger partial charge in [0.25, 0.3) is 0 Å². The Morgan fingerprint density at radius 2 is 1.77 bits per heavy atom. The summed E-state index contributed by atoms with van der Waals surface area (Å²) in [5, 5.41) is 7.48. The third-order valence-electron chi connectivity index (χ3n) is 3.58. The molecule has 0 aliphatic heterocycles. The van der Waals surface area contributed by atoms with Crippen molar-refractivity contribution in [3.8, 4) is 22.8 Å². The molecule has 0 fully saturated rings. The molecule has 0 bridgehead atoms. The second-order valence-corrected chi connectivity index (χ2v) is 5.00. The van der Waals surface area contributed by atoms with Gasteiger partial charge in [0.1, 0.15) is 11.5 Å². The molecule has 0 aliphatic rings. The van der Waals surface area contributed by atoms with E-state index < -0.39 is 0 Å². The highest BCUT2D eigenvalue weighted by molar-refractivity contribution is 5.59. The van der Waals surface area contributed by atoms with Crippen molar-refractivity contribution in [3.63, 3.8) is 0 Å². The van der Waals surface area contributed by atoms with Gasteiger partial charge in [-0.25, -0.2) is 0 Å². The van der Waals surface area contributed by atoms with Crippen LogP contribution in [-0.4, -0.2) is 24.4 Å². The molecule has 3 rings (SSSR count). The fourth-order valence-corrected chi connectivity index (χ4v) is 2.41. The van der Waals surface area contributed by atoms with E-state index in [9.17, 15) is 0 Å². The largest absolute Gasteiger partial charge is 0.497 e. The third kappa shape index (κ3) is 2.96. The van der Waals surface area contributed by atoms with Crippen molar-refractivity contribution in [2.24, 2.45) is 0 Å². The molecule has 3 aromatic rings. The van der Waals surface area contributed by atoms with E-state index in [0.29, 0.717) is 0 Å². The number of methoxy groups -OCH3 is 2. The number of hydrogen-bond acceptors (Lipinski definition) is 3. The van der Waals surface area contributed by atoms with Gasteiger partial charge in [-0.1, -0.05) is 36.4 Å². The Kier molecular flexibility index (Phi) is 4.10. The van der Waals surface area contributed by atoms with E-state index in [1.165, 1.54) is 0 Å². The quantitative estimate of drug-likeness (QED) is 0.780. The van der Waals surface area contributed by atoms with E-state index in [4.69, 9.17) is 9.47 Å². The number of aromatic nitrogens is 2. The second kappa shape index (κ2) is 6.35. The Morgan fingerprint density at radius 3 is 2.50 bits per heavy atom. The Balaban J connectivity index is 1.84. The molecular weight excluding hydrogens is 276 g/mol. The molecule has 0 spiro atoms. The molecular formula is C18H18N2O2. The summed E-state index contributed by atoms with van der Waals surface area (Å²) in [6, 6.07) is 18.0. The number of rotatable bonds is 5. The maximum Gasteiger partial charge on any atom is 0.126 e. The van der Waals surface area contributed by atoms with E-state index in [2.05, 4.69) is 16.3 Å². The van der Waals surface area contributed by atoms with Crippen molar-refractivity contribution in [1.82, 2.24) is 10.2 Å². The lowest BCUT2D eigenvalue weighted by Gasteiger charge is -2.09. The Morgan fingerprint density at radius 1 is 0.955 bits per heavy atom. The molecule has 0 amide bonds. The van der Waals surface area contributed by atoms with Crippen molar-refractivity contribution in [2.45, 2.75) is 6.42 Å². The van der Waals surface area contributed by atoms with Crippen molar-refractivity contribution in [3.05, 3.63) is 65.9 Å². The lowest BCUT2D eigenvalue weighted by molar-refractivity contribution is 0.391. The van der Waals surface area contributed by atoms with Crippen LogP contribution in [0.1, 0.15) is 11.3 Å². The monoisotopic (exact) mass is 294 g/mol. The predicted octanol–water partition coefficient (Wildman–Crippen LogP) is 3.68. The highest BCUT2D eigenvalue weighted by Crippen LogP contribution is 2.27. The average molecular weight is 294 g/mol. The molecule has 0 saturated heterocycles. The smallest absolute Gasteiger partial charge is 0.126 e. The summed E-state index contributed by atoms with van der Waals surface area (Å²) in [6.07, 6.45) is 0.729. The van der Waals surface area contributed by atoms with E-state index >= 15 is 0 Å². The van der Waals surface area contributed by atoms with Gasteiger partial charge in [-0.3, -0.25) is 5.10 Å². The number of benzene rings is 2. The maximum atomic E-state index is 5.44. The number of H-pyrrole nitrogens is 1. The van der Waals surface area contributed by atoms with Gasteiger partial charge < -0.3 is 9.47 Å². The highest BCUT2D eigenvalue weighted by Gasteiger charge is 2.09. The third-order valence-corrected chi connectivity index (χ3v) is 3.58. The van der Waals surface area contributed by atoms with E-state index in [1.807, 2.05) is 48.5 Å². The molecule has 4 heteroatoms. The van der Waals surface area contributed by atoms with Crippen LogP contribution in [0.5, 0.6) is 11.5 Å². The van der Waals surface area contributed by atoms with E-state index in [1.54, 1.807) is 14.2 Å². The van der Waals surface area contributed by atoms with Crippen LogP contribution in [0.15, 0.2) is 54.6 Å². The first kappa shape index (κ1) is 14.2. The SMILES string of the molecule is COc1ccc(Cc2cc(-c3ccccc3)n[nH]2)c(OC)c1. The molecule has 0 aliphatic carbocycles. The molecule has 4 nitrogen and oxygen atoms in total. The van der Waals surface area contributed by atoms with Crippen LogP contribution in [0.3, 0.4) is 0 Å². The van der Waals surface area contributed by atoms with Crippen molar-refractivity contribution >= 4 is 0 Å². The van der Waals surface area contributed by atoms with Crippen LogP contribution in [0.4, 0.5) is 0 Å². The summed E-state index contributed by atoms with van der Waals surface area (Å²) in [7, 11) is 3.32. The molecule has 112 valence electrons. The van der Waals surface area contributed by atoms with Crippen molar-refractivity contribution in [1.29, 1.82) is 0 Å². The van der Waals surface area contributed by atoms with Gasteiger partial charge in [-0.05, 0) is 12.1 Å². The first-order chi connectivity index (χ1) is 10.8.